The van der Waals surface area contributed by atoms with E-state index in [4.69, 9.17) is 4.74 Å². The van der Waals surface area contributed by atoms with Gasteiger partial charge in [-0.15, -0.1) is 0 Å². The summed E-state index contributed by atoms with van der Waals surface area (Å²) >= 11 is 3.42. The molecule has 0 aromatic heterocycles. The Bertz CT molecular complexity index is 702. The maximum atomic E-state index is 11.9. The van der Waals surface area contributed by atoms with Gasteiger partial charge in [0.2, 0.25) is 0 Å². The van der Waals surface area contributed by atoms with E-state index < -0.39 is 0 Å². The third-order valence-electron chi connectivity index (χ3n) is 3.24. The first kappa shape index (κ1) is 18.0. The Morgan fingerprint density at radius 1 is 1.12 bits per heavy atom. The molecular formula is C18H19BrN2O3. The van der Waals surface area contributed by atoms with Crippen molar-refractivity contribution in [2.24, 2.45) is 0 Å². The molecule has 0 heterocycles. The van der Waals surface area contributed by atoms with Crippen LogP contribution in [0.3, 0.4) is 0 Å². The number of urea groups is 1. The van der Waals surface area contributed by atoms with Crippen molar-refractivity contribution in [3.8, 4) is 0 Å². The number of esters is 1. The van der Waals surface area contributed by atoms with E-state index in [0.29, 0.717) is 24.4 Å². The highest BCUT2D eigenvalue weighted by Crippen LogP contribution is 2.12. The third kappa shape index (κ3) is 5.70. The second-order valence-electron chi connectivity index (χ2n) is 5.06. The van der Waals surface area contributed by atoms with Gasteiger partial charge >= 0.3 is 12.0 Å². The topological polar surface area (TPSA) is 67.4 Å². The summed E-state index contributed by atoms with van der Waals surface area (Å²) in [5.74, 6) is -0.373. The molecule has 0 spiro atoms. The first-order chi connectivity index (χ1) is 11.6. The van der Waals surface area contributed by atoms with E-state index in [-0.39, 0.29) is 12.0 Å². The zero-order valence-electron chi connectivity index (χ0n) is 13.3. The zero-order valence-corrected chi connectivity index (χ0v) is 14.9. The molecule has 6 heteroatoms. The fourth-order valence-corrected chi connectivity index (χ4v) is 2.54. The maximum Gasteiger partial charge on any atom is 0.338 e. The lowest BCUT2D eigenvalue weighted by Gasteiger charge is -2.08. The molecular weight excluding hydrogens is 372 g/mol. The van der Waals surface area contributed by atoms with E-state index in [1.807, 2.05) is 24.3 Å². The quantitative estimate of drug-likeness (QED) is 0.732. The number of ether oxygens (including phenoxy) is 1. The van der Waals surface area contributed by atoms with Crippen LogP contribution >= 0.6 is 15.9 Å². The molecule has 2 aromatic carbocycles. The summed E-state index contributed by atoms with van der Waals surface area (Å²) in [5, 5.41) is 5.53. The summed E-state index contributed by atoms with van der Waals surface area (Å²) in [5.41, 5.74) is 2.21. The third-order valence-corrected chi connectivity index (χ3v) is 3.74. The molecule has 5 nitrogen and oxygen atoms in total. The fourth-order valence-electron chi connectivity index (χ4n) is 2.09. The van der Waals surface area contributed by atoms with Crippen LogP contribution in [0.4, 0.5) is 10.5 Å². The number of amides is 2. The lowest BCUT2D eigenvalue weighted by molar-refractivity contribution is 0.0526. The number of rotatable bonds is 6. The van der Waals surface area contributed by atoms with Crippen LogP contribution in [0.1, 0.15) is 22.8 Å². The Morgan fingerprint density at radius 3 is 2.54 bits per heavy atom. The molecule has 2 amide bonds. The van der Waals surface area contributed by atoms with Crippen molar-refractivity contribution in [2.45, 2.75) is 13.3 Å². The summed E-state index contributed by atoms with van der Waals surface area (Å²) in [6.45, 7) is 2.62. The second kappa shape index (κ2) is 9.08. The van der Waals surface area contributed by atoms with Gasteiger partial charge in [0, 0.05) is 16.7 Å². The molecule has 0 atom stereocenters. The number of halogens is 1. The summed E-state index contributed by atoms with van der Waals surface area (Å²) in [6, 6.07) is 14.2. The van der Waals surface area contributed by atoms with Crippen LogP contribution in [0, 0.1) is 0 Å². The molecule has 2 aromatic rings. The molecule has 2 rings (SSSR count). The van der Waals surface area contributed by atoms with Crippen molar-refractivity contribution in [3.63, 3.8) is 0 Å². The Labute approximate surface area is 149 Å². The predicted octanol–water partition coefficient (Wildman–Crippen LogP) is 3.99. The Kier molecular flexibility index (Phi) is 6.81. The number of hydrogen-bond acceptors (Lipinski definition) is 3. The van der Waals surface area contributed by atoms with Gasteiger partial charge in [-0.05, 0) is 55.3 Å². The van der Waals surface area contributed by atoms with Gasteiger partial charge in [0.05, 0.1) is 12.2 Å². The van der Waals surface area contributed by atoms with E-state index in [0.717, 1.165) is 16.5 Å². The maximum absolute atomic E-state index is 11.9. The Morgan fingerprint density at radius 2 is 1.88 bits per heavy atom. The van der Waals surface area contributed by atoms with Crippen LogP contribution in [0.15, 0.2) is 53.0 Å². The lowest BCUT2D eigenvalue weighted by Crippen LogP contribution is -2.30. The molecule has 0 aliphatic carbocycles. The number of carbonyl (C=O) groups excluding carboxylic acids is 2. The summed E-state index contributed by atoms with van der Waals surface area (Å²) in [6.07, 6.45) is 0.745. The molecule has 0 fully saturated rings. The van der Waals surface area contributed by atoms with Crippen LogP contribution in [0.25, 0.3) is 0 Å². The smallest absolute Gasteiger partial charge is 0.338 e. The molecule has 2 N–H and O–H groups in total. The minimum absolute atomic E-state index is 0.283. The van der Waals surface area contributed by atoms with Gasteiger partial charge < -0.3 is 15.4 Å². The van der Waals surface area contributed by atoms with Crippen LogP contribution in [0.2, 0.25) is 0 Å². The van der Waals surface area contributed by atoms with Crippen molar-refractivity contribution in [3.05, 3.63) is 64.1 Å². The van der Waals surface area contributed by atoms with Gasteiger partial charge in [0.25, 0.3) is 0 Å². The van der Waals surface area contributed by atoms with E-state index in [1.54, 1.807) is 31.2 Å². The van der Waals surface area contributed by atoms with Gasteiger partial charge in [-0.2, -0.15) is 0 Å². The Balaban J connectivity index is 1.78. The van der Waals surface area contributed by atoms with Crippen LogP contribution in [0.5, 0.6) is 0 Å². The molecule has 0 aliphatic heterocycles. The molecule has 0 saturated carbocycles. The standard InChI is InChI=1S/C18H19BrN2O3/c1-2-24-17(22)14-6-8-16(9-7-14)21-18(23)20-11-10-13-4-3-5-15(19)12-13/h3-9,12H,2,10-11H2,1H3,(H2,20,21,23). The molecule has 0 saturated heterocycles. The van der Waals surface area contributed by atoms with Gasteiger partial charge in [-0.3, -0.25) is 0 Å². The molecule has 0 unspecified atom stereocenters. The van der Waals surface area contributed by atoms with Crippen molar-refractivity contribution in [1.82, 2.24) is 5.32 Å². The normalized spacial score (nSPS) is 10.1. The largest absolute Gasteiger partial charge is 0.462 e. The van der Waals surface area contributed by atoms with Gasteiger partial charge in [-0.25, -0.2) is 9.59 Å². The number of carbonyl (C=O) groups is 2. The predicted molar refractivity (Wildman–Crippen MR) is 97.3 cm³/mol. The van der Waals surface area contributed by atoms with Crippen molar-refractivity contribution in [2.75, 3.05) is 18.5 Å². The molecule has 0 bridgehead atoms. The highest BCUT2D eigenvalue weighted by atomic mass is 79.9. The summed E-state index contributed by atoms with van der Waals surface area (Å²) in [4.78, 5) is 23.4. The van der Waals surface area contributed by atoms with Gasteiger partial charge in [0.15, 0.2) is 0 Å². The monoisotopic (exact) mass is 390 g/mol. The zero-order chi connectivity index (χ0) is 17.4. The van der Waals surface area contributed by atoms with E-state index in [1.165, 1.54) is 0 Å². The highest BCUT2D eigenvalue weighted by Gasteiger charge is 2.07. The highest BCUT2D eigenvalue weighted by molar-refractivity contribution is 9.10. The van der Waals surface area contributed by atoms with Crippen molar-refractivity contribution < 1.29 is 14.3 Å². The first-order valence-electron chi connectivity index (χ1n) is 7.65. The average molecular weight is 391 g/mol. The number of benzene rings is 2. The fraction of sp³-hybridized carbons (Fsp3) is 0.222. The number of hydrogen-bond donors (Lipinski definition) is 2. The number of anilines is 1. The molecule has 0 radical (unpaired) electrons. The average Bonchev–Trinajstić information content (AvgIpc) is 2.56. The first-order valence-corrected chi connectivity index (χ1v) is 8.44. The van der Waals surface area contributed by atoms with Crippen LogP contribution in [-0.4, -0.2) is 25.2 Å². The van der Waals surface area contributed by atoms with E-state index in [2.05, 4.69) is 26.6 Å². The SMILES string of the molecule is CCOC(=O)c1ccc(NC(=O)NCCc2cccc(Br)c2)cc1. The van der Waals surface area contributed by atoms with Crippen LogP contribution < -0.4 is 10.6 Å². The van der Waals surface area contributed by atoms with Crippen LogP contribution in [-0.2, 0) is 11.2 Å². The summed E-state index contributed by atoms with van der Waals surface area (Å²) < 4.78 is 5.93. The van der Waals surface area contributed by atoms with Crippen molar-refractivity contribution in [1.29, 1.82) is 0 Å². The molecule has 126 valence electrons. The minimum Gasteiger partial charge on any atom is -0.462 e. The van der Waals surface area contributed by atoms with E-state index >= 15 is 0 Å². The number of nitrogens with one attached hydrogen (secondary N) is 2. The van der Waals surface area contributed by atoms with E-state index in [9.17, 15) is 9.59 Å². The second-order valence-corrected chi connectivity index (χ2v) is 5.97. The minimum atomic E-state index is -0.373. The van der Waals surface area contributed by atoms with Crippen molar-refractivity contribution >= 4 is 33.6 Å². The van der Waals surface area contributed by atoms with Gasteiger partial charge in [-0.1, -0.05) is 28.1 Å². The molecule has 24 heavy (non-hydrogen) atoms. The summed E-state index contributed by atoms with van der Waals surface area (Å²) in [7, 11) is 0. The molecule has 0 aliphatic rings. The Hall–Kier alpha value is -2.34. The van der Waals surface area contributed by atoms with Gasteiger partial charge in [0.1, 0.15) is 0 Å². The lowest BCUT2D eigenvalue weighted by atomic mass is 10.1.